The fraction of sp³-hybridized carbons (Fsp3) is 0.826. The Labute approximate surface area is 178 Å². The van der Waals surface area contributed by atoms with Gasteiger partial charge in [0.2, 0.25) is 11.8 Å². The molecule has 0 bridgehead atoms. The lowest BCUT2D eigenvalue weighted by Gasteiger charge is -2.20. The molecule has 29 heavy (non-hydrogen) atoms. The molecule has 0 aromatic carbocycles. The summed E-state index contributed by atoms with van der Waals surface area (Å²) in [5.41, 5.74) is -1.23. The van der Waals surface area contributed by atoms with Crippen molar-refractivity contribution in [1.29, 1.82) is 0 Å². The molecular weight excluding hydrogens is 368 g/mol. The number of rotatable bonds is 5. The van der Waals surface area contributed by atoms with Gasteiger partial charge in [0, 0.05) is 22.7 Å². The Balaban J connectivity index is 0. The van der Waals surface area contributed by atoms with Crippen LogP contribution < -0.4 is 10.6 Å². The van der Waals surface area contributed by atoms with Crippen molar-refractivity contribution in [3.05, 3.63) is 0 Å². The van der Waals surface area contributed by atoms with Crippen LogP contribution in [0.5, 0.6) is 0 Å². The van der Waals surface area contributed by atoms with Crippen LogP contribution in [0.4, 0.5) is 0 Å². The zero-order chi connectivity index (χ0) is 23.8. The van der Waals surface area contributed by atoms with Gasteiger partial charge < -0.3 is 10.6 Å². The second kappa shape index (κ2) is 10.9. The molecule has 0 aliphatic heterocycles. The first-order valence-electron chi connectivity index (χ1n) is 10.2. The van der Waals surface area contributed by atoms with Crippen molar-refractivity contribution in [3.8, 4) is 0 Å². The first-order valence-corrected chi connectivity index (χ1v) is 10.2. The molecule has 170 valence electrons. The van der Waals surface area contributed by atoms with Crippen molar-refractivity contribution in [2.45, 2.75) is 89.5 Å². The number of carbonyl (C=O) groups excluding carboxylic acids is 4. The van der Waals surface area contributed by atoms with Gasteiger partial charge in [-0.3, -0.25) is 19.2 Å². The smallest absolute Gasteiger partial charge is 0.225 e. The second-order valence-electron chi connectivity index (χ2n) is 11.8. The molecule has 0 aliphatic carbocycles. The van der Waals surface area contributed by atoms with Gasteiger partial charge in [0.25, 0.3) is 0 Å². The number of ketones is 2. The minimum atomic E-state index is -0.432. The van der Waals surface area contributed by atoms with Crippen LogP contribution in [0.1, 0.15) is 89.5 Å². The quantitative estimate of drug-likeness (QED) is 0.716. The lowest BCUT2D eigenvalue weighted by Crippen LogP contribution is -2.40. The van der Waals surface area contributed by atoms with Crippen molar-refractivity contribution >= 4 is 23.4 Å². The highest BCUT2D eigenvalue weighted by atomic mass is 16.2. The first-order chi connectivity index (χ1) is 12.6. The van der Waals surface area contributed by atoms with E-state index in [9.17, 15) is 19.2 Å². The largest absolute Gasteiger partial charge is 0.349 e. The molecule has 6 nitrogen and oxygen atoms in total. The Morgan fingerprint density at radius 3 is 1.17 bits per heavy atom. The predicted molar refractivity (Wildman–Crippen MR) is 118 cm³/mol. The lowest BCUT2D eigenvalue weighted by molar-refractivity contribution is -0.132. The number of hydrogen-bond acceptors (Lipinski definition) is 4. The molecule has 0 rings (SSSR count). The fourth-order valence-electron chi connectivity index (χ4n) is 1.68. The Morgan fingerprint density at radius 1 is 0.552 bits per heavy atom. The van der Waals surface area contributed by atoms with Crippen LogP contribution in [0.3, 0.4) is 0 Å². The van der Waals surface area contributed by atoms with E-state index in [0.717, 1.165) is 0 Å². The van der Waals surface area contributed by atoms with Gasteiger partial charge in [0.05, 0.1) is 13.1 Å². The molecule has 0 aromatic heterocycles. The van der Waals surface area contributed by atoms with Gasteiger partial charge in [0.1, 0.15) is 0 Å². The maximum absolute atomic E-state index is 11.5. The van der Waals surface area contributed by atoms with Crippen molar-refractivity contribution in [2.75, 3.05) is 13.1 Å². The average Bonchev–Trinajstić information content (AvgIpc) is 2.45. The number of hydrogen-bond donors (Lipinski definition) is 2. The Kier molecular flexibility index (Phi) is 11.1. The topological polar surface area (TPSA) is 92.3 Å². The summed E-state index contributed by atoms with van der Waals surface area (Å²) in [7, 11) is 0. The fourth-order valence-corrected chi connectivity index (χ4v) is 1.68. The molecule has 2 amide bonds. The first kappa shape index (κ1) is 29.5. The van der Waals surface area contributed by atoms with Gasteiger partial charge in [0.15, 0.2) is 11.6 Å². The molecule has 0 aliphatic rings. The number of amides is 2. The zero-order valence-corrected chi connectivity index (χ0v) is 20.8. The molecule has 2 N–H and O–H groups in total. The van der Waals surface area contributed by atoms with Crippen LogP contribution in [0, 0.1) is 21.7 Å². The van der Waals surface area contributed by atoms with E-state index in [0.29, 0.717) is 6.42 Å². The SMILES string of the molecule is CC(C)(C)C(=O)CNC(=O)C(C)(C)C.CC(C)(C)CC(=O)NCC(=O)C(C)(C)C. The molecule has 6 heteroatoms. The van der Waals surface area contributed by atoms with E-state index in [1.54, 1.807) is 0 Å². The summed E-state index contributed by atoms with van der Waals surface area (Å²) in [6, 6.07) is 0. The molecule has 0 spiro atoms. The summed E-state index contributed by atoms with van der Waals surface area (Å²) in [5, 5.41) is 5.30. The summed E-state index contributed by atoms with van der Waals surface area (Å²) >= 11 is 0. The summed E-state index contributed by atoms with van der Waals surface area (Å²) in [6.07, 6.45) is 0.449. The minimum absolute atomic E-state index is 0.0329. The van der Waals surface area contributed by atoms with E-state index >= 15 is 0 Å². The van der Waals surface area contributed by atoms with Gasteiger partial charge in [-0.2, -0.15) is 0 Å². The Morgan fingerprint density at radius 2 is 0.897 bits per heavy atom. The molecule has 0 unspecified atom stereocenters. The third kappa shape index (κ3) is 15.8. The van der Waals surface area contributed by atoms with Crippen LogP contribution in [0.2, 0.25) is 0 Å². The molecule has 0 aromatic rings. The highest BCUT2D eigenvalue weighted by Gasteiger charge is 2.25. The van der Waals surface area contributed by atoms with Gasteiger partial charge in [-0.25, -0.2) is 0 Å². The second-order valence-corrected chi connectivity index (χ2v) is 11.8. The van der Waals surface area contributed by atoms with E-state index in [1.807, 2.05) is 83.1 Å². The van der Waals surface area contributed by atoms with E-state index in [2.05, 4.69) is 10.6 Å². The molecule has 0 fully saturated rings. The normalized spacial score (nSPS) is 12.4. The standard InChI is InChI=1S/C12H23NO2.C11H21NO2/c1-11(2,3)7-10(15)13-8-9(14)12(4,5)6;1-10(2,3)8(13)7-12-9(14)11(4,5)6/h7-8H2,1-6H3,(H,13,15);7H2,1-6H3,(H,12,14). The monoisotopic (exact) mass is 412 g/mol. The maximum Gasteiger partial charge on any atom is 0.225 e. The highest BCUT2D eigenvalue weighted by Crippen LogP contribution is 2.18. The molecule has 0 radical (unpaired) electrons. The van der Waals surface area contributed by atoms with Gasteiger partial charge in [-0.05, 0) is 5.41 Å². The summed E-state index contributed by atoms with van der Waals surface area (Å²) in [4.78, 5) is 45.9. The Hall–Kier alpha value is -1.72. The number of carbonyl (C=O) groups is 4. The van der Waals surface area contributed by atoms with Crippen molar-refractivity contribution in [2.24, 2.45) is 21.7 Å². The van der Waals surface area contributed by atoms with Crippen molar-refractivity contribution < 1.29 is 19.2 Å². The van der Waals surface area contributed by atoms with Gasteiger partial charge in [-0.1, -0.05) is 83.1 Å². The van der Waals surface area contributed by atoms with Gasteiger partial charge in [-0.15, -0.1) is 0 Å². The predicted octanol–water partition coefficient (Wildman–Crippen LogP) is 3.92. The zero-order valence-electron chi connectivity index (χ0n) is 20.8. The van der Waals surface area contributed by atoms with Crippen molar-refractivity contribution in [3.63, 3.8) is 0 Å². The van der Waals surface area contributed by atoms with E-state index < -0.39 is 5.41 Å². The summed E-state index contributed by atoms with van der Waals surface area (Å²) in [6.45, 7) is 22.8. The Bertz CT molecular complexity index is 554. The summed E-state index contributed by atoms with van der Waals surface area (Å²) in [5.74, 6) is -0.0324. The lowest BCUT2D eigenvalue weighted by atomic mass is 9.90. The molecule has 0 heterocycles. The molecule has 0 saturated heterocycles. The van der Waals surface area contributed by atoms with Crippen LogP contribution >= 0.6 is 0 Å². The van der Waals surface area contributed by atoms with Crippen LogP contribution in [0.25, 0.3) is 0 Å². The third-order valence-corrected chi connectivity index (χ3v) is 3.90. The highest BCUT2D eigenvalue weighted by molar-refractivity contribution is 5.91. The molecule has 0 saturated carbocycles. The number of nitrogens with one attached hydrogen (secondary N) is 2. The van der Waals surface area contributed by atoms with E-state index in [4.69, 9.17) is 0 Å². The third-order valence-electron chi connectivity index (χ3n) is 3.90. The minimum Gasteiger partial charge on any atom is -0.349 e. The van der Waals surface area contributed by atoms with Crippen LogP contribution in [-0.2, 0) is 19.2 Å². The number of Topliss-reactive ketones (excluding diaryl/α,β-unsaturated/α-hetero) is 2. The van der Waals surface area contributed by atoms with Crippen LogP contribution in [-0.4, -0.2) is 36.5 Å². The van der Waals surface area contributed by atoms with Crippen LogP contribution in [0.15, 0.2) is 0 Å². The van der Waals surface area contributed by atoms with Gasteiger partial charge >= 0.3 is 0 Å². The van der Waals surface area contributed by atoms with E-state index in [-0.39, 0.29) is 52.7 Å². The summed E-state index contributed by atoms with van der Waals surface area (Å²) < 4.78 is 0. The maximum atomic E-state index is 11.5. The average molecular weight is 413 g/mol. The molecule has 0 atom stereocenters. The molecular formula is C23H44N2O4. The van der Waals surface area contributed by atoms with Crippen molar-refractivity contribution in [1.82, 2.24) is 10.6 Å². The van der Waals surface area contributed by atoms with E-state index in [1.165, 1.54) is 0 Å².